The fourth-order valence-corrected chi connectivity index (χ4v) is 3.56. The van der Waals surface area contributed by atoms with E-state index in [1.54, 1.807) is 26.4 Å². The van der Waals surface area contributed by atoms with Gasteiger partial charge in [-0.05, 0) is 29.8 Å². The zero-order valence-electron chi connectivity index (χ0n) is 17.4. The van der Waals surface area contributed by atoms with E-state index < -0.39 is 5.63 Å². The molecule has 2 aromatic carbocycles. The lowest BCUT2D eigenvalue weighted by Gasteiger charge is -2.22. The van der Waals surface area contributed by atoms with Crippen molar-refractivity contribution in [2.75, 3.05) is 27.4 Å². The Morgan fingerprint density at radius 1 is 1.03 bits per heavy atom. The predicted molar refractivity (Wildman–Crippen MR) is 117 cm³/mol. The Balaban J connectivity index is 1.68. The summed E-state index contributed by atoms with van der Waals surface area (Å²) < 4.78 is 15.8. The molecule has 8 heteroatoms. The van der Waals surface area contributed by atoms with Crippen molar-refractivity contribution in [3.05, 3.63) is 80.7 Å². The maximum Gasteiger partial charge on any atom is 0.336 e. The third-order valence-electron chi connectivity index (χ3n) is 5.08. The molecule has 0 aliphatic heterocycles. The SMILES string of the molecule is COCCN(Cc1nc2ccccc2c(=O)[nH]1)Cc1cc(=O)oc2cc(OC)ccc12. The maximum atomic E-state index is 12.4. The van der Waals surface area contributed by atoms with Gasteiger partial charge in [-0.2, -0.15) is 0 Å². The van der Waals surface area contributed by atoms with Crippen LogP contribution in [0.5, 0.6) is 5.75 Å². The summed E-state index contributed by atoms with van der Waals surface area (Å²) in [5, 5.41) is 1.37. The number of rotatable bonds is 8. The largest absolute Gasteiger partial charge is 0.497 e. The van der Waals surface area contributed by atoms with Gasteiger partial charge in [0.25, 0.3) is 5.56 Å². The van der Waals surface area contributed by atoms with Crippen LogP contribution in [0.2, 0.25) is 0 Å². The van der Waals surface area contributed by atoms with E-state index in [4.69, 9.17) is 13.9 Å². The summed E-state index contributed by atoms with van der Waals surface area (Å²) in [5.74, 6) is 1.16. The zero-order valence-corrected chi connectivity index (χ0v) is 17.4. The Hall–Kier alpha value is -3.49. The number of methoxy groups -OCH3 is 2. The number of ether oxygens (including phenoxy) is 2. The Morgan fingerprint density at radius 3 is 2.68 bits per heavy atom. The Morgan fingerprint density at radius 2 is 1.87 bits per heavy atom. The monoisotopic (exact) mass is 421 g/mol. The minimum atomic E-state index is -0.431. The van der Waals surface area contributed by atoms with Gasteiger partial charge in [-0.15, -0.1) is 0 Å². The molecule has 2 aromatic heterocycles. The number of hydrogen-bond acceptors (Lipinski definition) is 7. The van der Waals surface area contributed by atoms with Crippen LogP contribution >= 0.6 is 0 Å². The quantitative estimate of drug-likeness (QED) is 0.437. The van der Waals surface area contributed by atoms with Crippen LogP contribution < -0.4 is 15.9 Å². The molecule has 0 bridgehead atoms. The first-order valence-electron chi connectivity index (χ1n) is 9.87. The van der Waals surface area contributed by atoms with Crippen LogP contribution in [0, 0.1) is 0 Å². The molecule has 0 unspecified atom stereocenters. The van der Waals surface area contributed by atoms with E-state index in [0.717, 1.165) is 10.9 Å². The number of nitrogens with one attached hydrogen (secondary N) is 1. The topological polar surface area (TPSA) is 97.7 Å². The van der Waals surface area contributed by atoms with E-state index in [1.807, 2.05) is 30.3 Å². The third kappa shape index (κ3) is 4.65. The molecule has 0 saturated carbocycles. The van der Waals surface area contributed by atoms with Crippen molar-refractivity contribution in [1.82, 2.24) is 14.9 Å². The molecule has 0 saturated heterocycles. The molecule has 160 valence electrons. The highest BCUT2D eigenvalue weighted by Gasteiger charge is 2.14. The van der Waals surface area contributed by atoms with Gasteiger partial charge in [0.2, 0.25) is 0 Å². The van der Waals surface area contributed by atoms with Crippen LogP contribution in [0.15, 0.2) is 62.5 Å². The van der Waals surface area contributed by atoms with E-state index in [9.17, 15) is 9.59 Å². The number of nitrogens with zero attached hydrogens (tertiary/aromatic N) is 2. The first-order chi connectivity index (χ1) is 15.1. The Bertz CT molecular complexity index is 1330. The van der Waals surface area contributed by atoms with Crippen molar-refractivity contribution in [3.63, 3.8) is 0 Å². The van der Waals surface area contributed by atoms with Crippen molar-refractivity contribution in [2.45, 2.75) is 13.1 Å². The van der Waals surface area contributed by atoms with E-state index in [0.29, 0.717) is 54.3 Å². The highest BCUT2D eigenvalue weighted by Crippen LogP contribution is 2.23. The van der Waals surface area contributed by atoms with E-state index in [2.05, 4.69) is 14.9 Å². The zero-order chi connectivity index (χ0) is 21.8. The molecule has 0 atom stereocenters. The summed E-state index contributed by atoms with van der Waals surface area (Å²) in [7, 11) is 3.19. The lowest BCUT2D eigenvalue weighted by atomic mass is 10.1. The standard InChI is InChI=1S/C23H23N3O5/c1-29-10-9-26(14-21-24-19-6-4-3-5-18(19)23(28)25-21)13-15-11-22(27)31-20-12-16(30-2)7-8-17(15)20/h3-8,11-12H,9-10,13-14H2,1-2H3,(H,24,25,28). The summed E-state index contributed by atoms with van der Waals surface area (Å²) in [4.78, 5) is 34.1. The average Bonchev–Trinajstić information content (AvgIpc) is 2.77. The molecule has 0 fully saturated rings. The van der Waals surface area contributed by atoms with Gasteiger partial charge < -0.3 is 18.9 Å². The van der Waals surface area contributed by atoms with E-state index >= 15 is 0 Å². The first-order valence-corrected chi connectivity index (χ1v) is 9.87. The second-order valence-electron chi connectivity index (χ2n) is 7.19. The molecule has 0 aliphatic carbocycles. The van der Waals surface area contributed by atoms with Gasteiger partial charge in [0.15, 0.2) is 0 Å². The number of hydrogen-bond donors (Lipinski definition) is 1. The summed E-state index contributed by atoms with van der Waals surface area (Å²) in [6.45, 7) is 1.92. The Kier molecular flexibility index (Phi) is 6.11. The number of aromatic nitrogens is 2. The molecule has 31 heavy (non-hydrogen) atoms. The summed E-state index contributed by atoms with van der Waals surface area (Å²) in [5.41, 5.74) is 1.31. The van der Waals surface area contributed by atoms with Crippen LogP contribution in [-0.2, 0) is 17.8 Å². The van der Waals surface area contributed by atoms with Gasteiger partial charge in [0, 0.05) is 37.7 Å². The smallest absolute Gasteiger partial charge is 0.336 e. The van der Waals surface area contributed by atoms with Crippen molar-refractivity contribution >= 4 is 21.9 Å². The summed E-state index contributed by atoms with van der Waals surface area (Å²) in [6.07, 6.45) is 0. The maximum absolute atomic E-state index is 12.4. The van der Waals surface area contributed by atoms with Crippen molar-refractivity contribution < 1.29 is 13.9 Å². The van der Waals surface area contributed by atoms with Crippen LogP contribution in [0.1, 0.15) is 11.4 Å². The van der Waals surface area contributed by atoms with Crippen molar-refractivity contribution in [1.29, 1.82) is 0 Å². The number of benzene rings is 2. The van der Waals surface area contributed by atoms with Crippen LogP contribution in [0.4, 0.5) is 0 Å². The van der Waals surface area contributed by atoms with Gasteiger partial charge in [0.05, 0.1) is 31.2 Å². The van der Waals surface area contributed by atoms with E-state index in [-0.39, 0.29) is 5.56 Å². The molecule has 8 nitrogen and oxygen atoms in total. The average molecular weight is 421 g/mol. The van der Waals surface area contributed by atoms with Crippen LogP contribution in [-0.4, -0.2) is 42.2 Å². The molecule has 4 aromatic rings. The molecule has 4 rings (SSSR count). The van der Waals surface area contributed by atoms with Gasteiger partial charge in [-0.1, -0.05) is 12.1 Å². The molecule has 0 radical (unpaired) electrons. The molecule has 1 N–H and O–H groups in total. The molecular weight excluding hydrogens is 398 g/mol. The normalized spacial score (nSPS) is 11.5. The second-order valence-corrected chi connectivity index (χ2v) is 7.19. The second kappa shape index (κ2) is 9.11. The van der Waals surface area contributed by atoms with Gasteiger partial charge in [0.1, 0.15) is 17.2 Å². The van der Waals surface area contributed by atoms with Gasteiger partial charge >= 0.3 is 5.63 Å². The highest BCUT2D eigenvalue weighted by molar-refractivity contribution is 5.81. The van der Waals surface area contributed by atoms with Crippen LogP contribution in [0.25, 0.3) is 21.9 Å². The lowest BCUT2D eigenvalue weighted by molar-refractivity contribution is 0.138. The number of aromatic amines is 1. The minimum absolute atomic E-state index is 0.176. The number of H-pyrrole nitrogens is 1. The van der Waals surface area contributed by atoms with Crippen LogP contribution in [0.3, 0.4) is 0 Å². The van der Waals surface area contributed by atoms with Gasteiger partial charge in [-0.3, -0.25) is 9.69 Å². The number of fused-ring (bicyclic) bond motifs is 2. The first kappa shape index (κ1) is 20.8. The third-order valence-corrected chi connectivity index (χ3v) is 5.08. The lowest BCUT2D eigenvalue weighted by Crippen LogP contribution is -2.29. The number of para-hydroxylation sites is 1. The fraction of sp³-hybridized carbons (Fsp3) is 0.261. The summed E-state index contributed by atoms with van der Waals surface area (Å²) in [6, 6.07) is 14.1. The van der Waals surface area contributed by atoms with Crippen molar-refractivity contribution in [3.8, 4) is 5.75 Å². The van der Waals surface area contributed by atoms with Gasteiger partial charge in [-0.25, -0.2) is 9.78 Å². The Labute approximate surface area is 178 Å². The summed E-state index contributed by atoms with van der Waals surface area (Å²) >= 11 is 0. The van der Waals surface area contributed by atoms with E-state index in [1.165, 1.54) is 6.07 Å². The predicted octanol–water partition coefficient (Wildman–Crippen LogP) is 2.69. The molecule has 0 spiro atoms. The molecule has 0 aliphatic rings. The van der Waals surface area contributed by atoms with Crippen molar-refractivity contribution in [2.24, 2.45) is 0 Å². The minimum Gasteiger partial charge on any atom is -0.497 e. The molecular formula is C23H23N3O5. The molecule has 0 amide bonds. The molecule has 2 heterocycles. The highest BCUT2D eigenvalue weighted by atomic mass is 16.5. The fourth-order valence-electron chi connectivity index (χ4n) is 3.56.